The van der Waals surface area contributed by atoms with Crippen LogP contribution in [0.5, 0.6) is 0 Å². The van der Waals surface area contributed by atoms with Crippen LogP contribution in [0, 0.1) is 0 Å². The number of nitrogens with zero attached hydrogens (tertiary/aromatic N) is 2. The van der Waals surface area contributed by atoms with Gasteiger partial charge in [-0.3, -0.25) is 9.88 Å². The Morgan fingerprint density at radius 2 is 1.53 bits per heavy atom. The van der Waals surface area contributed by atoms with E-state index in [4.69, 9.17) is 0 Å². The number of nitrogens with one attached hydrogen (secondary N) is 4. The Morgan fingerprint density at radius 1 is 0.867 bits per heavy atom. The minimum absolute atomic E-state index is 0. The molecule has 4 N–H and O–H groups in total. The maximum Gasteiger partial charge on any atom is 2.00 e. The van der Waals surface area contributed by atoms with Crippen LogP contribution < -0.4 is 21.3 Å². The van der Waals surface area contributed by atoms with Crippen molar-refractivity contribution in [2.45, 2.75) is 26.1 Å². The molecule has 1 aliphatic heterocycles. The molecule has 0 fully saturated rings. The average molecular weight is 452 g/mol. The number of fused-ring (bicyclic) bond motifs is 2. The molecule has 163 valence electrons. The van der Waals surface area contributed by atoms with Crippen molar-refractivity contribution in [1.82, 2.24) is 31.2 Å². The van der Waals surface area contributed by atoms with Gasteiger partial charge in [0.15, 0.2) is 0 Å². The van der Waals surface area contributed by atoms with Gasteiger partial charge in [-0.05, 0) is 48.3 Å². The Morgan fingerprint density at radius 3 is 2.23 bits per heavy atom. The van der Waals surface area contributed by atoms with Crippen molar-refractivity contribution in [3.63, 3.8) is 0 Å². The van der Waals surface area contributed by atoms with Crippen LogP contribution in [0.15, 0.2) is 48.8 Å². The topological polar surface area (TPSA) is 64.2 Å². The first-order valence-corrected chi connectivity index (χ1v) is 10.9. The van der Waals surface area contributed by atoms with Gasteiger partial charge in [0, 0.05) is 71.3 Å². The summed E-state index contributed by atoms with van der Waals surface area (Å²) < 4.78 is 0. The van der Waals surface area contributed by atoms with Crippen LogP contribution in [0.4, 0.5) is 0 Å². The molecular weight excluding hydrogens is 415 g/mol. The van der Waals surface area contributed by atoms with Gasteiger partial charge in [0.25, 0.3) is 0 Å². The van der Waals surface area contributed by atoms with E-state index in [0.717, 1.165) is 78.4 Å². The van der Waals surface area contributed by atoms with E-state index < -0.39 is 0 Å². The minimum atomic E-state index is 0. The first-order valence-electron chi connectivity index (χ1n) is 10.9. The number of hydrogen-bond donors (Lipinski definition) is 4. The fourth-order valence-corrected chi connectivity index (χ4v) is 3.56. The van der Waals surface area contributed by atoms with Crippen molar-refractivity contribution >= 4 is 0 Å². The van der Waals surface area contributed by atoms with Crippen molar-refractivity contribution in [2.75, 3.05) is 52.4 Å². The van der Waals surface area contributed by atoms with Crippen molar-refractivity contribution < 1.29 is 17.1 Å². The van der Waals surface area contributed by atoms with Crippen LogP contribution in [0.1, 0.15) is 23.1 Å². The third-order valence-corrected chi connectivity index (χ3v) is 5.25. The van der Waals surface area contributed by atoms with Crippen LogP contribution in [0.25, 0.3) is 0 Å². The summed E-state index contributed by atoms with van der Waals surface area (Å²) in [6, 6.07) is 13.0. The molecular formula is C23H36MnN6+2. The molecule has 7 heteroatoms. The molecule has 0 spiro atoms. The Hall–Kier alpha value is -1.31. The molecule has 2 aromatic rings. The number of hydrogen-bond acceptors (Lipinski definition) is 6. The second-order valence-corrected chi connectivity index (χ2v) is 7.65. The van der Waals surface area contributed by atoms with E-state index in [2.05, 4.69) is 67.5 Å². The van der Waals surface area contributed by atoms with E-state index >= 15 is 0 Å². The molecule has 1 radical (unpaired) electrons. The summed E-state index contributed by atoms with van der Waals surface area (Å²) in [7, 11) is 0. The second kappa shape index (κ2) is 15.5. The number of benzene rings is 1. The van der Waals surface area contributed by atoms with Gasteiger partial charge < -0.3 is 21.3 Å². The molecule has 0 atom stereocenters. The Labute approximate surface area is 192 Å². The van der Waals surface area contributed by atoms with Gasteiger partial charge in [-0.25, -0.2) is 0 Å². The fraction of sp³-hybridized carbons (Fsp3) is 0.522. The summed E-state index contributed by atoms with van der Waals surface area (Å²) in [6.07, 6.45) is 4.84. The summed E-state index contributed by atoms with van der Waals surface area (Å²) >= 11 is 0. The van der Waals surface area contributed by atoms with Gasteiger partial charge in [0.2, 0.25) is 0 Å². The van der Waals surface area contributed by atoms with Gasteiger partial charge in [0.05, 0.1) is 0 Å². The van der Waals surface area contributed by atoms with Gasteiger partial charge >= 0.3 is 17.1 Å². The summed E-state index contributed by atoms with van der Waals surface area (Å²) in [4.78, 5) is 6.59. The molecule has 0 aliphatic carbocycles. The third-order valence-electron chi connectivity index (χ3n) is 5.25. The van der Waals surface area contributed by atoms with Crippen LogP contribution in [0.2, 0.25) is 0 Å². The third kappa shape index (κ3) is 10.1. The minimum Gasteiger partial charge on any atom is -0.315 e. The standard InChI is InChI=1S/C23H36N6.Mn/c1-3-22-17-23(4-1)20-28-13-16-29(15-12-27-19-22)14-11-24-7-2-8-26-18-21-5-9-25-10-6-21;/h1,3-6,9-10,17,24,26-28H,2,7-8,11-16,18-20H2;/q;+2. The van der Waals surface area contributed by atoms with E-state index in [1.165, 1.54) is 16.7 Å². The van der Waals surface area contributed by atoms with Crippen LogP contribution in [-0.2, 0) is 36.7 Å². The zero-order valence-electron chi connectivity index (χ0n) is 17.9. The smallest absolute Gasteiger partial charge is 0.315 e. The molecule has 1 aromatic heterocycles. The average Bonchev–Trinajstić information content (AvgIpc) is 2.75. The molecule has 30 heavy (non-hydrogen) atoms. The Balaban J connectivity index is 0.00000320. The van der Waals surface area contributed by atoms with E-state index in [9.17, 15) is 0 Å². The first-order chi connectivity index (χ1) is 14.4. The van der Waals surface area contributed by atoms with Gasteiger partial charge in [-0.1, -0.05) is 24.3 Å². The summed E-state index contributed by atoms with van der Waals surface area (Å²) in [5.74, 6) is 0. The second-order valence-electron chi connectivity index (χ2n) is 7.65. The van der Waals surface area contributed by atoms with Crippen molar-refractivity contribution in [3.8, 4) is 0 Å². The van der Waals surface area contributed by atoms with Crippen LogP contribution in [-0.4, -0.2) is 62.2 Å². The number of rotatable bonds is 9. The van der Waals surface area contributed by atoms with Gasteiger partial charge in [-0.2, -0.15) is 0 Å². The Bertz CT molecular complexity index is 657. The quantitative estimate of drug-likeness (QED) is 0.341. The number of aromatic nitrogens is 1. The van der Waals surface area contributed by atoms with E-state index in [1.807, 2.05) is 12.4 Å². The Kier molecular flexibility index (Phi) is 12.9. The molecule has 6 nitrogen and oxygen atoms in total. The normalized spacial score (nSPS) is 15.6. The molecule has 3 rings (SSSR count). The summed E-state index contributed by atoms with van der Waals surface area (Å²) in [5, 5.41) is 14.3. The summed E-state index contributed by atoms with van der Waals surface area (Å²) in [6.45, 7) is 11.3. The van der Waals surface area contributed by atoms with E-state index in [0.29, 0.717) is 0 Å². The fourth-order valence-electron chi connectivity index (χ4n) is 3.56. The van der Waals surface area contributed by atoms with E-state index in [1.54, 1.807) is 0 Å². The largest absolute Gasteiger partial charge is 2.00 e. The van der Waals surface area contributed by atoms with Gasteiger partial charge in [0.1, 0.15) is 0 Å². The monoisotopic (exact) mass is 451 g/mol. The predicted molar refractivity (Wildman–Crippen MR) is 120 cm³/mol. The summed E-state index contributed by atoms with van der Waals surface area (Å²) in [5.41, 5.74) is 4.03. The van der Waals surface area contributed by atoms with Crippen molar-refractivity contribution in [1.29, 1.82) is 0 Å². The molecule has 2 bridgehead atoms. The maximum atomic E-state index is 4.05. The zero-order valence-corrected chi connectivity index (χ0v) is 19.1. The molecule has 0 saturated heterocycles. The molecule has 0 unspecified atom stereocenters. The van der Waals surface area contributed by atoms with Crippen LogP contribution >= 0.6 is 0 Å². The predicted octanol–water partition coefficient (Wildman–Crippen LogP) is 1.34. The SMILES string of the molecule is [Mn+2].c1cc2cc(c1)CNCCN(CCNCCCNCc1ccncc1)CCNC2. The molecule has 0 saturated carbocycles. The molecule has 1 aliphatic rings. The zero-order chi connectivity index (χ0) is 20.0. The molecule has 2 heterocycles. The number of pyridine rings is 1. The van der Waals surface area contributed by atoms with Crippen molar-refractivity contribution in [3.05, 3.63) is 65.5 Å². The van der Waals surface area contributed by atoms with Gasteiger partial charge in [-0.15, -0.1) is 0 Å². The van der Waals surface area contributed by atoms with Crippen LogP contribution in [0.3, 0.4) is 0 Å². The maximum absolute atomic E-state index is 4.05. The van der Waals surface area contributed by atoms with E-state index in [-0.39, 0.29) is 17.1 Å². The first kappa shape index (κ1) is 25.0. The van der Waals surface area contributed by atoms with Crippen molar-refractivity contribution in [2.24, 2.45) is 0 Å². The molecule has 1 aromatic carbocycles. The molecule has 0 amide bonds.